The van der Waals surface area contributed by atoms with Crippen LogP contribution in [0.5, 0.6) is 11.5 Å². The van der Waals surface area contributed by atoms with Gasteiger partial charge in [-0.2, -0.15) is 0 Å². The number of ether oxygens (including phenoxy) is 1. The van der Waals surface area contributed by atoms with Gasteiger partial charge >= 0.3 is 0 Å². The summed E-state index contributed by atoms with van der Waals surface area (Å²) in [5.41, 5.74) is 2.76. The van der Waals surface area contributed by atoms with Gasteiger partial charge in [0.05, 0.1) is 0 Å². The van der Waals surface area contributed by atoms with Crippen molar-refractivity contribution in [1.82, 2.24) is 9.80 Å². The van der Waals surface area contributed by atoms with Crippen molar-refractivity contribution in [2.24, 2.45) is 0 Å². The molecular formula is C26H30N2O. The van der Waals surface area contributed by atoms with Gasteiger partial charge in [-0.3, -0.25) is 4.90 Å². The van der Waals surface area contributed by atoms with Crippen LogP contribution in [-0.4, -0.2) is 42.5 Å². The maximum atomic E-state index is 5.98. The second-order valence-electron chi connectivity index (χ2n) is 7.77. The number of nitrogens with zero attached hydrogens (tertiary/aromatic N) is 2. The number of rotatable bonds is 8. The molecule has 0 radical (unpaired) electrons. The van der Waals surface area contributed by atoms with Crippen molar-refractivity contribution in [3.63, 3.8) is 0 Å². The molecule has 0 aromatic heterocycles. The first-order valence-electron chi connectivity index (χ1n) is 10.7. The second-order valence-corrected chi connectivity index (χ2v) is 7.77. The lowest BCUT2D eigenvalue weighted by Gasteiger charge is -2.34. The Balaban J connectivity index is 1.21. The van der Waals surface area contributed by atoms with E-state index < -0.39 is 0 Å². The molecule has 0 atom stereocenters. The number of hydrogen-bond acceptors (Lipinski definition) is 3. The zero-order chi connectivity index (χ0) is 19.7. The van der Waals surface area contributed by atoms with Crippen LogP contribution >= 0.6 is 0 Å². The maximum Gasteiger partial charge on any atom is 0.127 e. The third-order valence-corrected chi connectivity index (χ3v) is 5.53. The molecule has 0 unspecified atom stereocenters. The molecule has 0 bridgehead atoms. The Bertz CT molecular complexity index is 858. The van der Waals surface area contributed by atoms with Crippen LogP contribution in [0.25, 0.3) is 0 Å². The third-order valence-electron chi connectivity index (χ3n) is 5.53. The normalized spacial score (nSPS) is 15.3. The van der Waals surface area contributed by atoms with Gasteiger partial charge in [-0.15, -0.1) is 0 Å². The first-order chi connectivity index (χ1) is 14.3. The molecule has 1 aliphatic heterocycles. The average Bonchev–Trinajstić information content (AvgIpc) is 2.77. The number of hydrogen-bond donors (Lipinski definition) is 0. The molecule has 29 heavy (non-hydrogen) atoms. The van der Waals surface area contributed by atoms with Crippen LogP contribution in [0.15, 0.2) is 84.9 Å². The van der Waals surface area contributed by atoms with E-state index in [0.717, 1.165) is 44.2 Å². The van der Waals surface area contributed by atoms with Crippen molar-refractivity contribution in [3.8, 4) is 11.5 Å². The van der Waals surface area contributed by atoms with Gasteiger partial charge < -0.3 is 9.64 Å². The Hall–Kier alpha value is -2.62. The Morgan fingerprint density at radius 2 is 1.24 bits per heavy atom. The molecule has 1 fully saturated rings. The number of benzene rings is 3. The molecule has 4 rings (SSSR count). The standard InChI is InChI=1S/C26H30N2O/c1-3-9-23(10-4-1)12-8-16-27-17-19-28(20-18-27)22-24-11-7-15-26(21-24)29-25-13-5-2-6-14-25/h1-7,9-11,13-15,21H,8,12,16-20,22H2. The van der Waals surface area contributed by atoms with Gasteiger partial charge in [-0.1, -0.05) is 60.7 Å². The Morgan fingerprint density at radius 3 is 2.00 bits per heavy atom. The van der Waals surface area contributed by atoms with Gasteiger partial charge in [0.2, 0.25) is 0 Å². The summed E-state index contributed by atoms with van der Waals surface area (Å²) < 4.78 is 5.98. The summed E-state index contributed by atoms with van der Waals surface area (Å²) in [6, 6.07) is 29.3. The summed E-state index contributed by atoms with van der Waals surface area (Å²) >= 11 is 0. The largest absolute Gasteiger partial charge is 0.457 e. The SMILES string of the molecule is c1ccc(CCCN2CCN(Cc3cccc(Oc4ccccc4)c3)CC2)cc1. The summed E-state index contributed by atoms with van der Waals surface area (Å²) in [6.45, 7) is 6.78. The van der Waals surface area contributed by atoms with E-state index in [-0.39, 0.29) is 0 Å². The monoisotopic (exact) mass is 386 g/mol. The van der Waals surface area contributed by atoms with Crippen LogP contribution in [0.2, 0.25) is 0 Å². The highest BCUT2D eigenvalue weighted by Crippen LogP contribution is 2.22. The minimum absolute atomic E-state index is 0.883. The van der Waals surface area contributed by atoms with Crippen molar-refractivity contribution in [3.05, 3.63) is 96.1 Å². The van der Waals surface area contributed by atoms with Crippen LogP contribution in [0.3, 0.4) is 0 Å². The van der Waals surface area contributed by atoms with Gasteiger partial charge in [-0.05, 0) is 54.8 Å². The van der Waals surface area contributed by atoms with Crippen LogP contribution < -0.4 is 4.74 Å². The van der Waals surface area contributed by atoms with Crippen LogP contribution in [0.4, 0.5) is 0 Å². The topological polar surface area (TPSA) is 15.7 Å². The molecular weight excluding hydrogens is 356 g/mol. The van der Waals surface area contributed by atoms with E-state index in [0.29, 0.717) is 0 Å². The first kappa shape index (κ1) is 19.7. The molecule has 1 aliphatic rings. The van der Waals surface area contributed by atoms with E-state index in [1.807, 2.05) is 36.4 Å². The highest BCUT2D eigenvalue weighted by atomic mass is 16.5. The fraction of sp³-hybridized carbons (Fsp3) is 0.308. The summed E-state index contributed by atoms with van der Waals surface area (Å²) in [7, 11) is 0. The molecule has 0 N–H and O–H groups in total. The lowest BCUT2D eigenvalue weighted by Crippen LogP contribution is -2.46. The lowest BCUT2D eigenvalue weighted by atomic mass is 10.1. The van der Waals surface area contributed by atoms with Crippen molar-refractivity contribution in [2.45, 2.75) is 19.4 Å². The predicted molar refractivity (Wildman–Crippen MR) is 119 cm³/mol. The van der Waals surface area contributed by atoms with Crippen molar-refractivity contribution < 1.29 is 4.74 Å². The number of aryl methyl sites for hydroxylation is 1. The van der Waals surface area contributed by atoms with E-state index in [1.165, 1.54) is 30.5 Å². The molecule has 3 aromatic carbocycles. The van der Waals surface area contributed by atoms with Crippen molar-refractivity contribution in [1.29, 1.82) is 0 Å². The van der Waals surface area contributed by atoms with Crippen LogP contribution in [0.1, 0.15) is 17.5 Å². The summed E-state index contributed by atoms with van der Waals surface area (Å²) in [4.78, 5) is 5.16. The summed E-state index contributed by atoms with van der Waals surface area (Å²) in [5.74, 6) is 1.79. The van der Waals surface area contributed by atoms with Crippen molar-refractivity contribution in [2.75, 3.05) is 32.7 Å². The highest BCUT2D eigenvalue weighted by molar-refractivity contribution is 5.33. The predicted octanol–water partition coefficient (Wildman–Crippen LogP) is 5.23. The zero-order valence-corrected chi connectivity index (χ0v) is 17.0. The average molecular weight is 387 g/mol. The summed E-state index contributed by atoms with van der Waals surface area (Å²) in [6.07, 6.45) is 2.41. The molecule has 1 heterocycles. The summed E-state index contributed by atoms with van der Waals surface area (Å²) in [5, 5.41) is 0. The number of para-hydroxylation sites is 1. The van der Waals surface area contributed by atoms with Gasteiger partial charge in [0.15, 0.2) is 0 Å². The van der Waals surface area contributed by atoms with Crippen LogP contribution in [0, 0.1) is 0 Å². The minimum atomic E-state index is 0.883. The van der Waals surface area contributed by atoms with E-state index in [2.05, 4.69) is 58.3 Å². The van der Waals surface area contributed by atoms with Crippen LogP contribution in [-0.2, 0) is 13.0 Å². The minimum Gasteiger partial charge on any atom is -0.457 e. The Morgan fingerprint density at radius 1 is 0.621 bits per heavy atom. The second kappa shape index (κ2) is 10.2. The molecule has 3 heteroatoms. The van der Waals surface area contributed by atoms with Crippen molar-refractivity contribution >= 4 is 0 Å². The van der Waals surface area contributed by atoms with Gasteiger partial charge in [-0.25, -0.2) is 0 Å². The van der Waals surface area contributed by atoms with E-state index in [4.69, 9.17) is 4.74 Å². The van der Waals surface area contributed by atoms with Gasteiger partial charge in [0.25, 0.3) is 0 Å². The quantitative estimate of drug-likeness (QED) is 0.527. The molecule has 0 spiro atoms. The van der Waals surface area contributed by atoms with E-state index in [1.54, 1.807) is 0 Å². The lowest BCUT2D eigenvalue weighted by molar-refractivity contribution is 0.126. The molecule has 0 saturated carbocycles. The third kappa shape index (κ3) is 6.18. The fourth-order valence-electron chi connectivity index (χ4n) is 3.91. The molecule has 150 valence electrons. The number of piperazine rings is 1. The highest BCUT2D eigenvalue weighted by Gasteiger charge is 2.16. The van der Waals surface area contributed by atoms with Gasteiger partial charge in [0, 0.05) is 32.7 Å². The maximum absolute atomic E-state index is 5.98. The van der Waals surface area contributed by atoms with E-state index >= 15 is 0 Å². The molecule has 0 amide bonds. The molecule has 1 saturated heterocycles. The van der Waals surface area contributed by atoms with E-state index in [9.17, 15) is 0 Å². The first-order valence-corrected chi connectivity index (χ1v) is 10.7. The zero-order valence-electron chi connectivity index (χ0n) is 17.0. The Kier molecular flexibility index (Phi) is 6.95. The fourth-order valence-corrected chi connectivity index (χ4v) is 3.91. The Labute approximate surface area is 174 Å². The smallest absolute Gasteiger partial charge is 0.127 e. The molecule has 0 aliphatic carbocycles. The van der Waals surface area contributed by atoms with Gasteiger partial charge in [0.1, 0.15) is 11.5 Å². The molecule has 3 nitrogen and oxygen atoms in total. The molecule has 3 aromatic rings.